The molecule has 7 nitrogen and oxygen atoms in total. The number of hydrogen-bond acceptors (Lipinski definition) is 5. The molecule has 8 heteroatoms. The molecule has 1 atom stereocenters. The van der Waals surface area contributed by atoms with Gasteiger partial charge < -0.3 is 15.0 Å². The molecule has 138 valence electrons. The van der Waals surface area contributed by atoms with Gasteiger partial charge in [-0.25, -0.2) is 8.42 Å². The summed E-state index contributed by atoms with van der Waals surface area (Å²) in [4.78, 5) is 14.4. The Morgan fingerprint density at radius 1 is 1.20 bits per heavy atom. The number of sulfonamides is 1. The van der Waals surface area contributed by atoms with Crippen molar-refractivity contribution in [2.24, 2.45) is 0 Å². The lowest BCUT2D eigenvalue weighted by Crippen LogP contribution is -2.41. The average molecular weight is 367 g/mol. The SMILES string of the molecule is CNCC1CCCN1S(=O)(=O)c1ccc(C(=O)N2CCOCC2)cc1. The zero-order valence-corrected chi connectivity index (χ0v) is 15.3. The molecule has 0 aliphatic carbocycles. The topological polar surface area (TPSA) is 79.0 Å². The van der Waals surface area contributed by atoms with E-state index in [-0.39, 0.29) is 16.8 Å². The number of ether oxygens (including phenoxy) is 1. The van der Waals surface area contributed by atoms with E-state index < -0.39 is 10.0 Å². The van der Waals surface area contributed by atoms with E-state index in [0.717, 1.165) is 12.8 Å². The third-order valence-corrected chi connectivity index (χ3v) is 6.74. The number of benzene rings is 1. The molecule has 0 saturated carbocycles. The molecule has 2 heterocycles. The van der Waals surface area contributed by atoms with Gasteiger partial charge in [0.25, 0.3) is 5.91 Å². The predicted molar refractivity (Wildman–Crippen MR) is 94.0 cm³/mol. The van der Waals surface area contributed by atoms with Crippen molar-refractivity contribution in [2.75, 3.05) is 46.4 Å². The average Bonchev–Trinajstić information content (AvgIpc) is 3.11. The molecule has 2 fully saturated rings. The number of carbonyl (C=O) groups is 1. The first-order chi connectivity index (χ1) is 12.0. The van der Waals surface area contributed by atoms with Crippen LogP contribution in [0.15, 0.2) is 29.2 Å². The van der Waals surface area contributed by atoms with Crippen molar-refractivity contribution in [3.8, 4) is 0 Å². The highest BCUT2D eigenvalue weighted by Gasteiger charge is 2.34. The van der Waals surface area contributed by atoms with Gasteiger partial charge >= 0.3 is 0 Å². The first-order valence-electron chi connectivity index (χ1n) is 8.67. The molecule has 0 bridgehead atoms. The molecule has 2 saturated heterocycles. The van der Waals surface area contributed by atoms with Gasteiger partial charge in [-0.1, -0.05) is 0 Å². The van der Waals surface area contributed by atoms with Gasteiger partial charge in [0.2, 0.25) is 10.0 Å². The molecule has 25 heavy (non-hydrogen) atoms. The number of morpholine rings is 1. The summed E-state index contributed by atoms with van der Waals surface area (Å²) in [6.45, 7) is 3.41. The number of hydrogen-bond donors (Lipinski definition) is 1. The molecule has 0 radical (unpaired) electrons. The lowest BCUT2D eigenvalue weighted by molar-refractivity contribution is 0.0303. The highest BCUT2D eigenvalue weighted by atomic mass is 32.2. The van der Waals surface area contributed by atoms with Gasteiger partial charge in [-0.15, -0.1) is 0 Å². The minimum atomic E-state index is -3.53. The van der Waals surface area contributed by atoms with E-state index in [1.165, 1.54) is 12.1 Å². The van der Waals surface area contributed by atoms with Crippen LogP contribution in [-0.4, -0.2) is 76.0 Å². The van der Waals surface area contributed by atoms with E-state index >= 15 is 0 Å². The van der Waals surface area contributed by atoms with E-state index in [2.05, 4.69) is 5.32 Å². The van der Waals surface area contributed by atoms with E-state index in [1.807, 2.05) is 7.05 Å². The number of nitrogens with one attached hydrogen (secondary N) is 1. The van der Waals surface area contributed by atoms with Crippen LogP contribution in [-0.2, 0) is 14.8 Å². The van der Waals surface area contributed by atoms with Gasteiger partial charge in [-0.3, -0.25) is 4.79 Å². The van der Waals surface area contributed by atoms with Crippen molar-refractivity contribution in [1.82, 2.24) is 14.5 Å². The van der Waals surface area contributed by atoms with Crippen LogP contribution in [0.1, 0.15) is 23.2 Å². The zero-order chi connectivity index (χ0) is 17.9. The Morgan fingerprint density at radius 2 is 1.88 bits per heavy atom. The Morgan fingerprint density at radius 3 is 2.52 bits per heavy atom. The van der Waals surface area contributed by atoms with Crippen LogP contribution in [0, 0.1) is 0 Å². The molecule has 2 aliphatic rings. The quantitative estimate of drug-likeness (QED) is 0.821. The highest BCUT2D eigenvalue weighted by molar-refractivity contribution is 7.89. The minimum Gasteiger partial charge on any atom is -0.378 e. The molecule has 1 amide bonds. The standard InChI is InChI=1S/C17H25N3O4S/c1-18-13-15-3-2-8-20(15)25(22,23)16-6-4-14(5-7-16)17(21)19-9-11-24-12-10-19/h4-7,15,18H,2-3,8-13H2,1H3. The Kier molecular flexibility index (Phi) is 5.73. The number of carbonyl (C=O) groups excluding carboxylic acids is 1. The summed E-state index contributed by atoms with van der Waals surface area (Å²) in [5.74, 6) is -0.0820. The Balaban J connectivity index is 1.76. The number of amides is 1. The van der Waals surface area contributed by atoms with Crippen LogP contribution in [0.4, 0.5) is 0 Å². The summed E-state index contributed by atoms with van der Waals surface area (Å²) >= 11 is 0. The second kappa shape index (κ2) is 7.82. The van der Waals surface area contributed by atoms with Gasteiger partial charge in [0.05, 0.1) is 18.1 Å². The smallest absolute Gasteiger partial charge is 0.254 e. The third-order valence-electron chi connectivity index (χ3n) is 4.77. The van der Waals surface area contributed by atoms with Gasteiger partial charge in [-0.05, 0) is 44.2 Å². The van der Waals surface area contributed by atoms with Gasteiger partial charge in [0.1, 0.15) is 0 Å². The summed E-state index contributed by atoms with van der Waals surface area (Å²) in [7, 11) is -1.70. The van der Waals surface area contributed by atoms with Crippen molar-refractivity contribution in [1.29, 1.82) is 0 Å². The van der Waals surface area contributed by atoms with Crippen LogP contribution in [0.5, 0.6) is 0 Å². The van der Waals surface area contributed by atoms with Gasteiger partial charge in [-0.2, -0.15) is 4.31 Å². The second-order valence-electron chi connectivity index (χ2n) is 6.40. The van der Waals surface area contributed by atoms with Crippen molar-refractivity contribution in [2.45, 2.75) is 23.8 Å². The maximum absolute atomic E-state index is 12.9. The molecule has 0 aromatic heterocycles. The molecular weight excluding hydrogens is 342 g/mol. The largest absolute Gasteiger partial charge is 0.378 e. The van der Waals surface area contributed by atoms with Crippen LogP contribution in [0.3, 0.4) is 0 Å². The zero-order valence-electron chi connectivity index (χ0n) is 14.5. The fourth-order valence-electron chi connectivity index (χ4n) is 3.42. The highest BCUT2D eigenvalue weighted by Crippen LogP contribution is 2.26. The van der Waals surface area contributed by atoms with E-state index in [4.69, 9.17) is 4.74 Å². The lowest BCUT2D eigenvalue weighted by Gasteiger charge is -2.27. The molecular formula is C17H25N3O4S. The number of nitrogens with zero attached hydrogens (tertiary/aromatic N) is 2. The van der Waals surface area contributed by atoms with Crippen molar-refractivity contribution in [3.63, 3.8) is 0 Å². The van der Waals surface area contributed by atoms with E-state index in [1.54, 1.807) is 21.3 Å². The molecule has 2 aliphatic heterocycles. The molecule has 0 spiro atoms. The molecule has 1 aromatic rings. The number of likely N-dealkylation sites (N-methyl/N-ethyl adjacent to an activating group) is 1. The maximum Gasteiger partial charge on any atom is 0.254 e. The summed E-state index contributed by atoms with van der Waals surface area (Å²) in [6.07, 6.45) is 1.74. The molecule has 1 aromatic carbocycles. The summed E-state index contributed by atoms with van der Waals surface area (Å²) < 4.78 is 32.6. The van der Waals surface area contributed by atoms with Crippen LogP contribution >= 0.6 is 0 Å². The van der Waals surface area contributed by atoms with Gasteiger partial charge in [0.15, 0.2) is 0 Å². The Bertz CT molecular complexity index is 699. The monoisotopic (exact) mass is 367 g/mol. The molecule has 1 N–H and O–H groups in total. The van der Waals surface area contributed by atoms with Crippen molar-refractivity contribution in [3.05, 3.63) is 29.8 Å². The first kappa shape index (κ1) is 18.3. The molecule has 1 unspecified atom stereocenters. The fraction of sp³-hybridized carbons (Fsp3) is 0.588. The fourth-order valence-corrected chi connectivity index (χ4v) is 5.11. The maximum atomic E-state index is 12.9. The predicted octanol–water partition coefficient (Wildman–Crippen LogP) is 0.532. The summed E-state index contributed by atoms with van der Waals surface area (Å²) in [5.41, 5.74) is 0.508. The summed E-state index contributed by atoms with van der Waals surface area (Å²) in [5, 5.41) is 3.06. The Labute approximate surface area is 149 Å². The van der Waals surface area contributed by atoms with E-state index in [0.29, 0.717) is 45.0 Å². The number of rotatable bonds is 5. The second-order valence-corrected chi connectivity index (χ2v) is 8.29. The lowest BCUT2D eigenvalue weighted by atomic mass is 10.2. The molecule has 3 rings (SSSR count). The van der Waals surface area contributed by atoms with Crippen LogP contribution in [0.25, 0.3) is 0 Å². The van der Waals surface area contributed by atoms with Gasteiger partial charge in [0, 0.05) is 37.8 Å². The van der Waals surface area contributed by atoms with Crippen LogP contribution < -0.4 is 5.32 Å². The van der Waals surface area contributed by atoms with E-state index in [9.17, 15) is 13.2 Å². The van der Waals surface area contributed by atoms with Crippen molar-refractivity contribution < 1.29 is 17.9 Å². The normalized spacial score (nSPS) is 22.3. The third kappa shape index (κ3) is 3.87. The van der Waals surface area contributed by atoms with Crippen LogP contribution in [0.2, 0.25) is 0 Å². The Hall–Kier alpha value is -1.48. The first-order valence-corrected chi connectivity index (χ1v) is 10.1. The minimum absolute atomic E-state index is 0.00958. The van der Waals surface area contributed by atoms with Crippen molar-refractivity contribution >= 4 is 15.9 Å². The summed E-state index contributed by atoms with van der Waals surface area (Å²) in [6, 6.07) is 6.28.